The van der Waals surface area contributed by atoms with Crippen molar-refractivity contribution in [3.05, 3.63) is 33.2 Å². The minimum atomic E-state index is -0.645. The fraction of sp³-hybridized carbons (Fsp3) is 0.714. The van der Waals surface area contributed by atoms with Gasteiger partial charge in [0.05, 0.1) is 6.54 Å². The number of ether oxygens (including phenoxy) is 2. The average molecular weight is 518 g/mol. The Morgan fingerprint density at radius 1 is 0.973 bits per heavy atom. The zero-order valence-electron chi connectivity index (χ0n) is 22.7. The summed E-state index contributed by atoms with van der Waals surface area (Å²) in [5, 5.41) is 5.05. The zero-order chi connectivity index (χ0) is 26.8. The van der Waals surface area contributed by atoms with Crippen LogP contribution in [0.2, 0.25) is 0 Å². The number of nitrogens with one attached hydrogen (secondary N) is 2. The lowest BCUT2D eigenvalue weighted by Gasteiger charge is -2.26. The molecule has 1 fully saturated rings. The number of carbonyl (C=O) groups is 3. The van der Waals surface area contributed by atoms with Gasteiger partial charge in [-0.1, -0.05) is 32.1 Å². The Balaban J connectivity index is 1.61. The first-order valence-electron chi connectivity index (χ1n) is 13.8. The smallest absolute Gasteiger partial charge is 0.407 e. The van der Waals surface area contributed by atoms with Gasteiger partial charge >= 0.3 is 12.1 Å². The van der Waals surface area contributed by atoms with Crippen molar-refractivity contribution in [1.82, 2.24) is 15.2 Å². The van der Waals surface area contributed by atoms with E-state index in [0.717, 1.165) is 62.6 Å². The van der Waals surface area contributed by atoms with E-state index in [0.29, 0.717) is 12.5 Å². The summed E-state index contributed by atoms with van der Waals surface area (Å²) in [5.41, 5.74) is 1.38. The minimum absolute atomic E-state index is 0.0546. The number of hydrogen-bond acceptors (Lipinski definition) is 6. The molecule has 3 rings (SSSR count). The molecule has 0 bridgehead atoms. The summed E-state index contributed by atoms with van der Waals surface area (Å²) in [4.78, 5) is 50.3. The van der Waals surface area contributed by atoms with Gasteiger partial charge in [-0.3, -0.25) is 14.4 Å². The number of nitrogens with zero attached hydrogens (tertiary/aromatic N) is 1. The third kappa shape index (κ3) is 9.20. The van der Waals surface area contributed by atoms with Crippen LogP contribution in [0.1, 0.15) is 100 Å². The van der Waals surface area contributed by atoms with Crippen molar-refractivity contribution in [3.63, 3.8) is 0 Å². The number of aromatic nitrogens is 1. The first kappa shape index (κ1) is 28.7. The molecule has 2 aliphatic carbocycles. The molecule has 0 aliphatic heterocycles. The van der Waals surface area contributed by atoms with Crippen molar-refractivity contribution in [3.8, 4) is 0 Å². The summed E-state index contributed by atoms with van der Waals surface area (Å²) < 4.78 is 12.1. The number of rotatable bonds is 8. The highest BCUT2D eigenvalue weighted by atomic mass is 16.6. The maximum absolute atomic E-state index is 13.5. The van der Waals surface area contributed by atoms with Gasteiger partial charge in [-0.25, -0.2) is 4.79 Å². The van der Waals surface area contributed by atoms with E-state index in [2.05, 4.69) is 10.6 Å². The van der Waals surface area contributed by atoms with Crippen molar-refractivity contribution in [2.45, 2.75) is 104 Å². The van der Waals surface area contributed by atoms with E-state index in [1.807, 2.05) is 4.57 Å². The van der Waals surface area contributed by atoms with Crippen molar-refractivity contribution in [1.29, 1.82) is 0 Å². The Hall–Kier alpha value is -2.84. The summed E-state index contributed by atoms with van der Waals surface area (Å²) in [6, 6.07) is 1.74. The predicted octanol–water partition coefficient (Wildman–Crippen LogP) is 3.89. The molecule has 2 N–H and O–H groups in total. The zero-order valence-corrected chi connectivity index (χ0v) is 22.7. The topological polar surface area (TPSA) is 116 Å². The molecule has 0 unspecified atom stereocenters. The molecule has 1 aromatic heterocycles. The van der Waals surface area contributed by atoms with Gasteiger partial charge in [-0.15, -0.1) is 0 Å². The summed E-state index contributed by atoms with van der Waals surface area (Å²) in [7, 11) is 0. The standard InChI is InChI=1S/C28H43N3O6/c1-28(2,3)37-27(35)29-15-16-36-24(32)18-30-25(33)22-17-21-13-9-4-5-10-14-23(21)31(26(22)34)19-20-11-7-6-8-12-20/h17,20H,4-16,18-19H2,1-3H3,(H,29,35)(H,30,33). The molecule has 0 radical (unpaired) electrons. The molecule has 0 saturated heterocycles. The Labute approximate surface area is 219 Å². The van der Waals surface area contributed by atoms with Gasteiger partial charge in [0, 0.05) is 12.2 Å². The van der Waals surface area contributed by atoms with Crippen LogP contribution in [0.25, 0.3) is 0 Å². The fourth-order valence-electron chi connectivity index (χ4n) is 5.15. The van der Waals surface area contributed by atoms with Crippen LogP contribution in [-0.4, -0.2) is 47.8 Å². The summed E-state index contributed by atoms with van der Waals surface area (Å²) in [5.74, 6) is -0.743. The number of amides is 2. The van der Waals surface area contributed by atoms with E-state index in [-0.39, 0.29) is 30.8 Å². The van der Waals surface area contributed by atoms with Crippen molar-refractivity contribution < 1.29 is 23.9 Å². The number of carbonyl (C=O) groups excluding carboxylic acids is 3. The van der Waals surface area contributed by atoms with E-state index >= 15 is 0 Å². The van der Waals surface area contributed by atoms with Crippen LogP contribution in [0, 0.1) is 5.92 Å². The van der Waals surface area contributed by atoms with Crippen molar-refractivity contribution >= 4 is 18.0 Å². The van der Waals surface area contributed by atoms with E-state index in [4.69, 9.17) is 9.47 Å². The van der Waals surface area contributed by atoms with Gasteiger partial charge in [0.25, 0.3) is 11.5 Å². The number of hydrogen-bond donors (Lipinski definition) is 2. The Morgan fingerprint density at radius 2 is 1.65 bits per heavy atom. The molecule has 1 saturated carbocycles. The van der Waals surface area contributed by atoms with Crippen molar-refractivity contribution in [2.24, 2.45) is 5.92 Å². The second-order valence-electron chi connectivity index (χ2n) is 11.2. The lowest BCUT2D eigenvalue weighted by Crippen LogP contribution is -2.39. The quantitative estimate of drug-likeness (QED) is 0.399. The van der Waals surface area contributed by atoms with E-state index in [9.17, 15) is 19.2 Å². The molecule has 1 heterocycles. The molecule has 206 valence electrons. The SMILES string of the molecule is CC(C)(C)OC(=O)NCCOC(=O)CNC(=O)c1cc2c(n(CC3CCCCC3)c1=O)CCCCCC2. The molecule has 37 heavy (non-hydrogen) atoms. The second-order valence-corrected chi connectivity index (χ2v) is 11.2. The minimum Gasteiger partial charge on any atom is -0.462 e. The van der Waals surface area contributed by atoms with E-state index in [1.165, 1.54) is 19.3 Å². The third-order valence-electron chi connectivity index (χ3n) is 6.94. The van der Waals surface area contributed by atoms with Gasteiger partial charge < -0.3 is 24.7 Å². The molecule has 1 aromatic rings. The largest absolute Gasteiger partial charge is 0.462 e. The van der Waals surface area contributed by atoms with E-state index in [1.54, 1.807) is 26.8 Å². The third-order valence-corrected chi connectivity index (χ3v) is 6.94. The molecule has 0 aromatic carbocycles. The molecule has 2 aliphatic rings. The van der Waals surface area contributed by atoms with Crippen LogP contribution in [0.4, 0.5) is 4.79 Å². The molecular weight excluding hydrogens is 474 g/mol. The van der Waals surface area contributed by atoms with Crippen LogP contribution >= 0.6 is 0 Å². The summed E-state index contributed by atoms with van der Waals surface area (Å²) >= 11 is 0. The van der Waals surface area contributed by atoms with Gasteiger partial charge in [0.15, 0.2) is 0 Å². The highest BCUT2D eigenvalue weighted by Crippen LogP contribution is 2.27. The van der Waals surface area contributed by atoms with Crippen LogP contribution in [0.15, 0.2) is 10.9 Å². The maximum Gasteiger partial charge on any atom is 0.407 e. The molecular formula is C28H43N3O6. The Morgan fingerprint density at radius 3 is 2.35 bits per heavy atom. The van der Waals surface area contributed by atoms with Crippen molar-refractivity contribution in [2.75, 3.05) is 19.7 Å². The highest BCUT2D eigenvalue weighted by Gasteiger charge is 2.23. The monoisotopic (exact) mass is 517 g/mol. The number of esters is 1. The van der Waals surface area contributed by atoms with Crippen LogP contribution in [-0.2, 0) is 33.7 Å². The molecule has 9 heteroatoms. The molecule has 9 nitrogen and oxygen atoms in total. The first-order chi connectivity index (χ1) is 17.6. The lowest BCUT2D eigenvalue weighted by atomic mass is 9.88. The second kappa shape index (κ2) is 13.6. The number of fused-ring (bicyclic) bond motifs is 1. The Kier molecular flexibility index (Phi) is 10.6. The van der Waals surface area contributed by atoms with Gasteiger partial charge in [-0.05, 0) is 76.8 Å². The number of pyridine rings is 1. The molecule has 2 amide bonds. The maximum atomic E-state index is 13.5. The lowest BCUT2D eigenvalue weighted by molar-refractivity contribution is -0.142. The summed E-state index contributed by atoms with van der Waals surface area (Å²) in [6.07, 6.45) is 11.4. The molecule has 0 atom stereocenters. The predicted molar refractivity (Wildman–Crippen MR) is 141 cm³/mol. The highest BCUT2D eigenvalue weighted by molar-refractivity contribution is 5.95. The first-order valence-corrected chi connectivity index (χ1v) is 13.8. The van der Waals surface area contributed by atoms with E-state index < -0.39 is 23.6 Å². The number of aryl methyl sites for hydroxylation is 1. The van der Waals surface area contributed by atoms with Crippen LogP contribution in [0.3, 0.4) is 0 Å². The van der Waals surface area contributed by atoms with Gasteiger partial charge in [0.1, 0.15) is 24.3 Å². The van der Waals surface area contributed by atoms with Gasteiger partial charge in [0.2, 0.25) is 0 Å². The average Bonchev–Trinajstić information content (AvgIpc) is 2.82. The van der Waals surface area contributed by atoms with Gasteiger partial charge in [-0.2, -0.15) is 0 Å². The normalized spacial score (nSPS) is 16.6. The van der Waals surface area contributed by atoms with Crippen LogP contribution in [0.5, 0.6) is 0 Å². The Bertz CT molecular complexity index is 1000. The number of alkyl carbamates (subject to hydrolysis) is 1. The summed E-state index contributed by atoms with van der Waals surface area (Å²) in [6.45, 7) is 5.61. The molecule has 0 spiro atoms. The van der Waals surface area contributed by atoms with Crippen LogP contribution < -0.4 is 16.2 Å². The fourth-order valence-corrected chi connectivity index (χ4v) is 5.15.